The Kier molecular flexibility index (Phi) is 8.58. The minimum Gasteiger partial charge on any atom is -0.489 e. The molecule has 2 aromatic carbocycles. The van der Waals surface area contributed by atoms with E-state index in [9.17, 15) is 0 Å². The van der Waals surface area contributed by atoms with Crippen LogP contribution in [0.5, 0.6) is 5.75 Å². The van der Waals surface area contributed by atoms with E-state index in [1.165, 1.54) is 42.4 Å². The molecule has 0 atom stereocenters. The smallest absolute Gasteiger partial charge is 0.119 e. The number of hydrogen-bond acceptors (Lipinski definition) is 2. The van der Waals surface area contributed by atoms with E-state index >= 15 is 0 Å². The Morgan fingerprint density at radius 1 is 0.897 bits per heavy atom. The lowest BCUT2D eigenvalue weighted by Gasteiger charge is -2.27. The fraction of sp³-hybridized carbons (Fsp3) is 0.407. The highest BCUT2D eigenvalue weighted by molar-refractivity contribution is 5.30. The molecule has 0 unspecified atom stereocenters. The molecule has 0 heterocycles. The maximum atomic E-state index is 5.98. The molecule has 1 aliphatic rings. The molecule has 1 fully saturated rings. The van der Waals surface area contributed by atoms with E-state index in [1.807, 2.05) is 0 Å². The second-order valence-corrected chi connectivity index (χ2v) is 7.93. The van der Waals surface area contributed by atoms with Crippen molar-refractivity contribution in [3.63, 3.8) is 0 Å². The highest BCUT2D eigenvalue weighted by Crippen LogP contribution is 2.36. The van der Waals surface area contributed by atoms with Crippen LogP contribution in [0.3, 0.4) is 0 Å². The number of benzene rings is 2. The molecular formula is C27H34O2. The first kappa shape index (κ1) is 21.4. The fourth-order valence-electron chi connectivity index (χ4n) is 3.97. The number of rotatable bonds is 10. The summed E-state index contributed by atoms with van der Waals surface area (Å²) in [7, 11) is 0. The van der Waals surface area contributed by atoms with Gasteiger partial charge in [0.25, 0.3) is 0 Å². The van der Waals surface area contributed by atoms with Crippen LogP contribution in [0.25, 0.3) is 0 Å². The van der Waals surface area contributed by atoms with Crippen molar-refractivity contribution in [2.45, 2.75) is 58.2 Å². The number of allylic oxidation sites excluding steroid dienone is 2. The van der Waals surface area contributed by atoms with Crippen molar-refractivity contribution in [1.82, 2.24) is 0 Å². The fourth-order valence-corrected chi connectivity index (χ4v) is 3.97. The zero-order chi connectivity index (χ0) is 20.3. The zero-order valence-electron chi connectivity index (χ0n) is 17.7. The summed E-state index contributed by atoms with van der Waals surface area (Å²) < 4.78 is 11.5. The Balaban J connectivity index is 1.45. The van der Waals surface area contributed by atoms with Crippen LogP contribution in [0.15, 0.2) is 73.3 Å². The summed E-state index contributed by atoms with van der Waals surface area (Å²) in [5.41, 5.74) is 3.79. The van der Waals surface area contributed by atoms with Gasteiger partial charge in [0.05, 0.1) is 13.2 Å². The lowest BCUT2D eigenvalue weighted by Crippen LogP contribution is -2.11. The van der Waals surface area contributed by atoms with E-state index in [-0.39, 0.29) is 0 Å². The molecule has 0 saturated heterocycles. The van der Waals surface area contributed by atoms with Gasteiger partial charge in [0.15, 0.2) is 0 Å². The Bertz CT molecular complexity index is 750. The molecule has 2 aromatic rings. The van der Waals surface area contributed by atoms with Crippen molar-refractivity contribution in [2.24, 2.45) is 5.92 Å². The monoisotopic (exact) mass is 390 g/mol. The molecule has 0 N–H and O–H groups in total. The first-order chi connectivity index (χ1) is 14.3. The lowest BCUT2D eigenvalue weighted by molar-refractivity contribution is 0.149. The second kappa shape index (κ2) is 11.6. The average Bonchev–Trinajstić information content (AvgIpc) is 2.78. The van der Waals surface area contributed by atoms with Crippen molar-refractivity contribution >= 4 is 0 Å². The Hall–Kier alpha value is -2.32. The first-order valence-corrected chi connectivity index (χ1v) is 10.9. The Morgan fingerprint density at radius 2 is 1.55 bits per heavy atom. The molecule has 1 saturated carbocycles. The maximum Gasteiger partial charge on any atom is 0.119 e. The molecule has 0 amide bonds. The van der Waals surface area contributed by atoms with Crippen molar-refractivity contribution in [2.75, 3.05) is 6.61 Å². The molecule has 3 rings (SSSR count). The van der Waals surface area contributed by atoms with Crippen molar-refractivity contribution in [3.8, 4) is 5.75 Å². The summed E-state index contributed by atoms with van der Waals surface area (Å²) in [5.74, 6) is 2.42. The van der Waals surface area contributed by atoms with Crippen LogP contribution in [0.4, 0.5) is 0 Å². The van der Waals surface area contributed by atoms with E-state index < -0.39 is 0 Å². The van der Waals surface area contributed by atoms with Gasteiger partial charge in [-0.1, -0.05) is 61.5 Å². The highest BCUT2D eigenvalue weighted by Gasteiger charge is 2.20. The van der Waals surface area contributed by atoms with Crippen LogP contribution in [-0.4, -0.2) is 6.61 Å². The van der Waals surface area contributed by atoms with Gasteiger partial charge in [0.2, 0.25) is 0 Å². The molecule has 0 radical (unpaired) electrons. The van der Waals surface area contributed by atoms with Crippen molar-refractivity contribution in [1.29, 1.82) is 0 Å². The molecule has 0 spiro atoms. The van der Waals surface area contributed by atoms with Crippen molar-refractivity contribution in [3.05, 3.63) is 90.0 Å². The van der Waals surface area contributed by atoms with Crippen LogP contribution in [0.1, 0.15) is 61.6 Å². The van der Waals surface area contributed by atoms with E-state index in [0.717, 1.165) is 18.1 Å². The lowest BCUT2D eigenvalue weighted by atomic mass is 9.78. The highest BCUT2D eigenvalue weighted by atomic mass is 16.5. The summed E-state index contributed by atoms with van der Waals surface area (Å²) in [6.07, 6.45) is 12.9. The maximum absolute atomic E-state index is 5.98. The molecule has 0 aromatic heterocycles. The summed E-state index contributed by atoms with van der Waals surface area (Å²) in [5, 5.41) is 0. The number of ether oxygens (including phenoxy) is 2. The third-order valence-corrected chi connectivity index (χ3v) is 5.70. The van der Waals surface area contributed by atoms with E-state index in [2.05, 4.69) is 74.2 Å². The molecular weight excluding hydrogens is 356 g/mol. The summed E-state index contributed by atoms with van der Waals surface area (Å²) in [6.45, 7) is 7.65. The predicted molar refractivity (Wildman–Crippen MR) is 121 cm³/mol. The third-order valence-electron chi connectivity index (χ3n) is 5.70. The molecule has 2 nitrogen and oxygen atoms in total. The topological polar surface area (TPSA) is 18.5 Å². The number of hydrogen-bond donors (Lipinski definition) is 0. The second-order valence-electron chi connectivity index (χ2n) is 7.93. The van der Waals surface area contributed by atoms with Crippen molar-refractivity contribution < 1.29 is 9.47 Å². The largest absolute Gasteiger partial charge is 0.489 e. The standard InChI is InChI=1S/C27H34O2/c1-3-5-6-22-11-13-25(14-12-22)26-15-17-27(18-16-26)29-21-24-9-7-23(8-10-24)20-28-19-4-2/h4-10,15-18,22,25H,2-3,11-14,19-21H2,1H3. The van der Waals surface area contributed by atoms with Gasteiger partial charge >= 0.3 is 0 Å². The van der Waals surface area contributed by atoms with Gasteiger partial charge in [-0.3, -0.25) is 0 Å². The quantitative estimate of drug-likeness (QED) is 0.315. The predicted octanol–water partition coefficient (Wildman–Crippen LogP) is 7.21. The van der Waals surface area contributed by atoms with Gasteiger partial charge in [0.1, 0.15) is 12.4 Å². The molecule has 29 heavy (non-hydrogen) atoms. The van der Waals surface area contributed by atoms with Gasteiger partial charge in [-0.05, 0) is 72.8 Å². The minimum absolute atomic E-state index is 0.582. The van der Waals surface area contributed by atoms with E-state index in [1.54, 1.807) is 6.08 Å². The van der Waals surface area contributed by atoms with Gasteiger partial charge < -0.3 is 9.47 Å². The van der Waals surface area contributed by atoms with Gasteiger partial charge in [-0.15, -0.1) is 6.58 Å². The Labute approximate surface area is 176 Å². The molecule has 0 aliphatic heterocycles. The third kappa shape index (κ3) is 6.90. The van der Waals surface area contributed by atoms with Crippen LogP contribution >= 0.6 is 0 Å². The first-order valence-electron chi connectivity index (χ1n) is 10.9. The Morgan fingerprint density at radius 3 is 2.17 bits per heavy atom. The summed E-state index contributed by atoms with van der Waals surface area (Å²) >= 11 is 0. The molecule has 154 valence electrons. The van der Waals surface area contributed by atoms with Crippen LogP contribution < -0.4 is 4.74 Å². The minimum atomic E-state index is 0.582. The normalized spacial score (nSPS) is 19.3. The van der Waals surface area contributed by atoms with Crippen LogP contribution in [0, 0.1) is 5.92 Å². The molecule has 0 bridgehead atoms. The van der Waals surface area contributed by atoms with E-state index in [4.69, 9.17) is 9.47 Å². The summed E-state index contributed by atoms with van der Waals surface area (Å²) in [6, 6.07) is 17.1. The van der Waals surface area contributed by atoms with Gasteiger partial charge in [-0.2, -0.15) is 0 Å². The summed E-state index contributed by atoms with van der Waals surface area (Å²) in [4.78, 5) is 0. The average molecular weight is 391 g/mol. The van der Waals surface area contributed by atoms with Gasteiger partial charge in [0, 0.05) is 0 Å². The zero-order valence-corrected chi connectivity index (χ0v) is 17.7. The molecule has 2 heteroatoms. The van der Waals surface area contributed by atoms with Crippen LogP contribution in [-0.2, 0) is 18.0 Å². The van der Waals surface area contributed by atoms with Gasteiger partial charge in [-0.25, -0.2) is 0 Å². The van der Waals surface area contributed by atoms with Crippen LogP contribution in [0.2, 0.25) is 0 Å². The van der Waals surface area contributed by atoms with E-state index in [0.29, 0.717) is 25.7 Å². The molecule has 1 aliphatic carbocycles. The SMILES string of the molecule is C=CCOCc1ccc(COc2ccc(C3CCC(C=CCC)CC3)cc2)cc1.